The van der Waals surface area contributed by atoms with Crippen LogP contribution in [0.1, 0.15) is 44.6 Å². The Hall–Kier alpha value is -1.94. The summed E-state index contributed by atoms with van der Waals surface area (Å²) in [5.41, 5.74) is 0.290. The van der Waals surface area contributed by atoms with Crippen molar-refractivity contribution in [1.29, 1.82) is 0 Å². The van der Waals surface area contributed by atoms with E-state index in [0.29, 0.717) is 31.6 Å². The van der Waals surface area contributed by atoms with Crippen LogP contribution in [0.4, 0.5) is 0 Å². The van der Waals surface area contributed by atoms with Gasteiger partial charge in [-0.25, -0.2) is 8.42 Å². The van der Waals surface area contributed by atoms with E-state index >= 15 is 0 Å². The Balaban J connectivity index is 2.05. The average molecular weight is 401 g/mol. The van der Waals surface area contributed by atoms with Crippen LogP contribution < -0.4 is 5.32 Å². The molecule has 1 aliphatic rings. The molecule has 0 bridgehead atoms. The quantitative estimate of drug-likeness (QED) is 0.681. The van der Waals surface area contributed by atoms with E-state index in [4.69, 9.17) is 9.26 Å². The number of nitrogens with one attached hydrogen (secondary N) is 1. The summed E-state index contributed by atoms with van der Waals surface area (Å²) >= 11 is 0. The third kappa shape index (κ3) is 4.86. The molecule has 1 aromatic heterocycles. The molecular formula is C17H27N3O6S. The molecule has 1 fully saturated rings. The van der Waals surface area contributed by atoms with Crippen LogP contribution in [0.2, 0.25) is 0 Å². The Morgan fingerprint density at radius 2 is 2.11 bits per heavy atom. The highest BCUT2D eigenvalue weighted by atomic mass is 32.2. The Labute approximate surface area is 159 Å². The number of ether oxygens (including phenoxy) is 1. The normalized spacial score (nSPS) is 19.5. The highest BCUT2D eigenvalue weighted by Gasteiger charge is 2.37. The van der Waals surface area contributed by atoms with Gasteiger partial charge in [0.15, 0.2) is 11.9 Å². The number of carbonyl (C=O) groups is 2. The fraction of sp³-hybridized carbons (Fsp3) is 0.706. The first kappa shape index (κ1) is 21.4. The number of rotatable bonds is 7. The van der Waals surface area contributed by atoms with Crippen molar-refractivity contribution < 1.29 is 27.3 Å². The van der Waals surface area contributed by atoms with Crippen molar-refractivity contribution >= 4 is 21.9 Å². The average Bonchev–Trinajstić information content (AvgIpc) is 2.98. The molecule has 2 heterocycles. The predicted molar refractivity (Wildman–Crippen MR) is 96.3 cm³/mol. The summed E-state index contributed by atoms with van der Waals surface area (Å²) in [6.07, 6.45) is 0.900. The molecule has 1 N–H and O–H groups in total. The molecule has 2 rings (SSSR count). The SMILES string of the molecule is CCCNC(=O)C(C)OC(=O)C1CCCN(S(=O)(=O)c2c(C)noc2C)C1. The van der Waals surface area contributed by atoms with Crippen LogP contribution in [0.25, 0.3) is 0 Å². The van der Waals surface area contributed by atoms with Gasteiger partial charge >= 0.3 is 5.97 Å². The second kappa shape index (κ2) is 8.83. The van der Waals surface area contributed by atoms with Gasteiger partial charge in [-0.05, 0) is 40.0 Å². The van der Waals surface area contributed by atoms with E-state index in [9.17, 15) is 18.0 Å². The Kier molecular flexibility index (Phi) is 6.99. The molecular weight excluding hydrogens is 374 g/mol. The van der Waals surface area contributed by atoms with Crippen LogP contribution >= 0.6 is 0 Å². The van der Waals surface area contributed by atoms with Gasteiger partial charge in [0.2, 0.25) is 10.0 Å². The van der Waals surface area contributed by atoms with Crippen LogP contribution in [-0.2, 0) is 24.3 Å². The van der Waals surface area contributed by atoms with E-state index in [1.165, 1.54) is 11.2 Å². The fourth-order valence-electron chi connectivity index (χ4n) is 3.04. The molecule has 0 aromatic carbocycles. The second-order valence-corrected chi connectivity index (χ2v) is 8.60. The maximum Gasteiger partial charge on any atom is 0.311 e. The second-order valence-electron chi connectivity index (χ2n) is 6.73. The standard InChI is InChI=1S/C17H27N3O6S/c1-5-8-18-16(21)13(4)25-17(22)14-7-6-9-20(10-14)27(23,24)15-11(2)19-26-12(15)3/h13-14H,5-10H2,1-4H3,(H,18,21). The monoisotopic (exact) mass is 401 g/mol. The minimum absolute atomic E-state index is 0.00846. The number of sulfonamides is 1. The number of aromatic nitrogens is 1. The molecule has 0 radical (unpaired) electrons. The third-order valence-corrected chi connectivity index (χ3v) is 6.60. The van der Waals surface area contributed by atoms with Crippen molar-refractivity contribution in [2.24, 2.45) is 5.92 Å². The number of aryl methyl sites for hydroxylation is 2. The van der Waals surface area contributed by atoms with Gasteiger partial charge in [0.1, 0.15) is 10.6 Å². The molecule has 152 valence electrons. The van der Waals surface area contributed by atoms with Gasteiger partial charge in [-0.1, -0.05) is 12.1 Å². The summed E-state index contributed by atoms with van der Waals surface area (Å²) in [5, 5.41) is 6.36. The smallest absolute Gasteiger partial charge is 0.311 e. The van der Waals surface area contributed by atoms with Crippen LogP contribution in [0, 0.1) is 19.8 Å². The summed E-state index contributed by atoms with van der Waals surface area (Å²) in [6.45, 7) is 7.36. The molecule has 10 heteroatoms. The van der Waals surface area contributed by atoms with Crippen molar-refractivity contribution in [2.45, 2.75) is 58.0 Å². The number of esters is 1. The maximum atomic E-state index is 12.9. The van der Waals surface area contributed by atoms with Crippen LogP contribution in [-0.4, -0.2) is 55.5 Å². The van der Waals surface area contributed by atoms with E-state index in [1.807, 2.05) is 6.92 Å². The van der Waals surface area contributed by atoms with E-state index < -0.39 is 28.0 Å². The Bertz CT molecular complexity index is 769. The van der Waals surface area contributed by atoms with Crippen LogP contribution in [0.15, 0.2) is 9.42 Å². The van der Waals surface area contributed by atoms with E-state index in [2.05, 4.69) is 10.5 Å². The van der Waals surface area contributed by atoms with Crippen LogP contribution in [0.5, 0.6) is 0 Å². The lowest BCUT2D eigenvalue weighted by atomic mass is 10.00. The molecule has 0 saturated carbocycles. The predicted octanol–water partition coefficient (Wildman–Crippen LogP) is 1.15. The van der Waals surface area contributed by atoms with E-state index in [1.54, 1.807) is 13.8 Å². The number of piperidine rings is 1. The summed E-state index contributed by atoms with van der Waals surface area (Å²) in [5.74, 6) is -1.32. The zero-order chi connectivity index (χ0) is 20.2. The Morgan fingerprint density at radius 3 is 2.70 bits per heavy atom. The van der Waals surface area contributed by atoms with Gasteiger partial charge in [-0.3, -0.25) is 9.59 Å². The van der Waals surface area contributed by atoms with Crippen molar-refractivity contribution in [2.75, 3.05) is 19.6 Å². The molecule has 27 heavy (non-hydrogen) atoms. The minimum atomic E-state index is -3.81. The van der Waals surface area contributed by atoms with E-state index in [-0.39, 0.29) is 23.1 Å². The number of nitrogens with zero attached hydrogens (tertiary/aromatic N) is 2. The number of hydrogen-bond donors (Lipinski definition) is 1. The zero-order valence-electron chi connectivity index (χ0n) is 16.1. The lowest BCUT2D eigenvalue weighted by Gasteiger charge is -2.31. The van der Waals surface area contributed by atoms with Gasteiger partial charge in [0, 0.05) is 19.6 Å². The highest BCUT2D eigenvalue weighted by Crippen LogP contribution is 2.28. The Morgan fingerprint density at radius 1 is 1.41 bits per heavy atom. The van der Waals surface area contributed by atoms with Crippen molar-refractivity contribution in [3.63, 3.8) is 0 Å². The lowest BCUT2D eigenvalue weighted by Crippen LogP contribution is -2.44. The number of carbonyl (C=O) groups excluding carboxylic acids is 2. The van der Waals surface area contributed by atoms with Gasteiger partial charge < -0.3 is 14.6 Å². The summed E-state index contributed by atoms with van der Waals surface area (Å²) in [4.78, 5) is 24.3. The minimum Gasteiger partial charge on any atom is -0.452 e. The molecule has 1 aliphatic heterocycles. The van der Waals surface area contributed by atoms with Gasteiger partial charge in [-0.2, -0.15) is 4.31 Å². The summed E-state index contributed by atoms with van der Waals surface area (Å²) in [7, 11) is -3.81. The zero-order valence-corrected chi connectivity index (χ0v) is 17.0. The first-order chi connectivity index (χ1) is 12.7. The molecule has 1 amide bonds. The first-order valence-electron chi connectivity index (χ1n) is 9.09. The van der Waals surface area contributed by atoms with Crippen molar-refractivity contribution in [3.05, 3.63) is 11.5 Å². The van der Waals surface area contributed by atoms with Crippen molar-refractivity contribution in [3.8, 4) is 0 Å². The molecule has 9 nitrogen and oxygen atoms in total. The molecule has 1 saturated heterocycles. The molecule has 0 spiro atoms. The largest absolute Gasteiger partial charge is 0.452 e. The molecule has 2 unspecified atom stereocenters. The van der Waals surface area contributed by atoms with Gasteiger partial charge in [0.25, 0.3) is 5.91 Å². The fourth-order valence-corrected chi connectivity index (χ4v) is 4.86. The lowest BCUT2D eigenvalue weighted by molar-refractivity contribution is -0.159. The molecule has 1 aromatic rings. The summed E-state index contributed by atoms with van der Waals surface area (Å²) in [6, 6.07) is 0. The molecule has 2 atom stereocenters. The van der Waals surface area contributed by atoms with Crippen molar-refractivity contribution in [1.82, 2.24) is 14.8 Å². The highest BCUT2D eigenvalue weighted by molar-refractivity contribution is 7.89. The van der Waals surface area contributed by atoms with Gasteiger partial charge in [0.05, 0.1) is 5.92 Å². The topological polar surface area (TPSA) is 119 Å². The number of amides is 1. The van der Waals surface area contributed by atoms with Crippen LogP contribution in [0.3, 0.4) is 0 Å². The van der Waals surface area contributed by atoms with Gasteiger partial charge in [-0.15, -0.1) is 0 Å². The number of hydrogen-bond acceptors (Lipinski definition) is 7. The van der Waals surface area contributed by atoms with E-state index in [0.717, 1.165) is 6.42 Å². The first-order valence-corrected chi connectivity index (χ1v) is 10.5. The third-order valence-electron chi connectivity index (χ3n) is 4.49. The maximum absolute atomic E-state index is 12.9. The summed E-state index contributed by atoms with van der Waals surface area (Å²) < 4.78 is 37.3. The molecule has 0 aliphatic carbocycles.